The Balaban J connectivity index is 1.42. The monoisotopic (exact) mass is 577 g/mol. The van der Waals surface area contributed by atoms with Crippen molar-refractivity contribution in [3.8, 4) is 5.69 Å². The van der Waals surface area contributed by atoms with Crippen molar-refractivity contribution in [1.29, 1.82) is 0 Å². The van der Waals surface area contributed by atoms with Crippen molar-refractivity contribution in [1.82, 2.24) is 24.3 Å². The van der Waals surface area contributed by atoms with Gasteiger partial charge in [0.1, 0.15) is 5.82 Å². The second-order valence-electron chi connectivity index (χ2n) is 11.7. The molecule has 3 N–H and O–H groups in total. The van der Waals surface area contributed by atoms with Crippen molar-refractivity contribution in [3.05, 3.63) is 52.1 Å². The van der Waals surface area contributed by atoms with Gasteiger partial charge in [-0.3, -0.25) is 19.6 Å². The first-order valence-electron chi connectivity index (χ1n) is 13.8. The molecule has 2 fully saturated rings. The Morgan fingerprint density at radius 3 is 2.24 bits per heavy atom. The number of carbonyl (C=O) groups excluding carboxylic acids is 2. The summed E-state index contributed by atoms with van der Waals surface area (Å²) in [7, 11) is 0. The molecule has 2 aliphatic rings. The molecule has 4 rings (SSSR count). The summed E-state index contributed by atoms with van der Waals surface area (Å²) in [6.45, 7) is 8.67. The molecule has 0 bridgehead atoms. The fourth-order valence-electron chi connectivity index (χ4n) is 5.10. The number of halogens is 3. The molecule has 2 saturated heterocycles. The molecule has 0 aliphatic carbocycles. The Hall–Kier alpha value is -3.45. The van der Waals surface area contributed by atoms with Crippen LogP contribution in [0.15, 0.2) is 35.3 Å². The molecular formula is C28H38F3N7O3. The highest BCUT2D eigenvalue weighted by atomic mass is 19.4. The molecule has 3 amide bonds. The van der Waals surface area contributed by atoms with Crippen molar-refractivity contribution < 1.29 is 22.8 Å². The molecule has 41 heavy (non-hydrogen) atoms. The normalized spacial score (nSPS) is 17.5. The van der Waals surface area contributed by atoms with Crippen molar-refractivity contribution in [2.75, 3.05) is 44.6 Å². The van der Waals surface area contributed by atoms with E-state index in [1.807, 2.05) is 4.90 Å². The minimum absolute atomic E-state index is 0.0216. The van der Waals surface area contributed by atoms with E-state index in [9.17, 15) is 27.6 Å². The molecule has 10 nitrogen and oxygen atoms in total. The summed E-state index contributed by atoms with van der Waals surface area (Å²) < 4.78 is 43.0. The van der Waals surface area contributed by atoms with E-state index >= 15 is 0 Å². The van der Waals surface area contributed by atoms with Crippen molar-refractivity contribution >= 4 is 17.8 Å². The van der Waals surface area contributed by atoms with E-state index in [1.165, 1.54) is 29.3 Å². The summed E-state index contributed by atoms with van der Waals surface area (Å²) in [5, 5.41) is 2.56. The summed E-state index contributed by atoms with van der Waals surface area (Å²) >= 11 is 0. The third-order valence-corrected chi connectivity index (χ3v) is 7.51. The van der Waals surface area contributed by atoms with Crippen LogP contribution in [0, 0.1) is 5.92 Å². The number of hydrogen-bond acceptors (Lipinski definition) is 6. The second kappa shape index (κ2) is 12.2. The number of urea groups is 1. The van der Waals surface area contributed by atoms with Crippen molar-refractivity contribution in [3.63, 3.8) is 0 Å². The van der Waals surface area contributed by atoms with Gasteiger partial charge in [-0.25, -0.2) is 9.59 Å². The molecule has 0 unspecified atom stereocenters. The maximum atomic E-state index is 14.0. The lowest BCUT2D eigenvalue weighted by atomic mass is 9.98. The highest BCUT2D eigenvalue weighted by Gasteiger charge is 2.34. The molecule has 0 radical (unpaired) electrons. The van der Waals surface area contributed by atoms with Crippen molar-refractivity contribution in [2.24, 2.45) is 11.7 Å². The summed E-state index contributed by atoms with van der Waals surface area (Å²) in [6, 6.07) is 4.73. The number of piperazine rings is 1. The van der Waals surface area contributed by atoms with E-state index in [0.29, 0.717) is 32.1 Å². The van der Waals surface area contributed by atoms with Gasteiger partial charge in [-0.15, -0.1) is 0 Å². The molecule has 1 aromatic carbocycles. The first-order valence-corrected chi connectivity index (χ1v) is 13.8. The van der Waals surface area contributed by atoms with E-state index in [2.05, 4.69) is 17.2 Å². The van der Waals surface area contributed by atoms with Crippen LogP contribution >= 0.6 is 0 Å². The lowest BCUT2D eigenvalue weighted by Gasteiger charge is -2.35. The number of carbonyl (C=O) groups is 2. The minimum atomic E-state index is -4.59. The molecule has 1 aromatic heterocycles. The standard InChI is InChI=1S/C28H38F3N7O3/c1-19-6-9-35(10-7-19)18-20-4-5-21(16-22(20)28(29,30)31)38-11-8-23(34-26(38)41)33-25(40)37-14-12-36(13-15-37)24(39)17-27(2,3)32/h4-5,8,11,16,19H,6-7,9-10,12-15,17-18,32H2,1-3H3,(H,33,34,40,41). The van der Waals surface area contributed by atoms with Crippen LogP contribution < -0.4 is 16.7 Å². The van der Waals surface area contributed by atoms with Crippen LogP contribution in [0.1, 0.15) is 51.2 Å². The number of nitrogens with one attached hydrogen (secondary N) is 1. The van der Waals surface area contributed by atoms with Crippen LogP contribution in [-0.2, 0) is 17.5 Å². The average Bonchev–Trinajstić information content (AvgIpc) is 2.89. The number of likely N-dealkylation sites (tertiary alicyclic amines) is 1. The van der Waals surface area contributed by atoms with Gasteiger partial charge >= 0.3 is 17.9 Å². The zero-order valence-corrected chi connectivity index (χ0v) is 23.7. The highest BCUT2D eigenvalue weighted by molar-refractivity contribution is 5.88. The van der Waals surface area contributed by atoms with E-state index < -0.39 is 29.0 Å². The highest BCUT2D eigenvalue weighted by Crippen LogP contribution is 2.34. The van der Waals surface area contributed by atoms with Gasteiger partial charge in [-0.2, -0.15) is 18.2 Å². The predicted molar refractivity (Wildman–Crippen MR) is 149 cm³/mol. The van der Waals surface area contributed by atoms with Gasteiger partial charge in [0.25, 0.3) is 0 Å². The SMILES string of the molecule is CC1CCN(Cc2ccc(-n3ccc(NC(=O)N4CCN(C(=O)CC(C)(C)N)CC4)nc3=O)cc2C(F)(F)F)CC1. The largest absolute Gasteiger partial charge is 0.416 e. The lowest BCUT2D eigenvalue weighted by Crippen LogP contribution is -2.53. The van der Waals surface area contributed by atoms with Gasteiger partial charge in [0.2, 0.25) is 5.91 Å². The molecule has 0 spiro atoms. The van der Waals surface area contributed by atoms with Crippen LogP contribution in [0.2, 0.25) is 0 Å². The van der Waals surface area contributed by atoms with Crippen LogP contribution in [-0.4, -0.2) is 81.0 Å². The van der Waals surface area contributed by atoms with Gasteiger partial charge in [0.15, 0.2) is 0 Å². The molecule has 3 heterocycles. The smallest absolute Gasteiger partial charge is 0.339 e. The number of benzene rings is 1. The summed E-state index contributed by atoms with van der Waals surface area (Å²) in [6.07, 6.45) is -1.20. The maximum absolute atomic E-state index is 14.0. The molecule has 2 aliphatic heterocycles. The minimum Gasteiger partial charge on any atom is -0.339 e. The Morgan fingerprint density at radius 2 is 1.66 bits per heavy atom. The molecule has 0 saturated carbocycles. The Bertz CT molecular complexity index is 1310. The molecule has 2 aromatic rings. The van der Waals surface area contributed by atoms with E-state index in [0.717, 1.165) is 36.6 Å². The van der Waals surface area contributed by atoms with Gasteiger partial charge in [0, 0.05) is 50.9 Å². The van der Waals surface area contributed by atoms with E-state index in [-0.39, 0.29) is 35.9 Å². The van der Waals surface area contributed by atoms with Crippen LogP contribution in [0.3, 0.4) is 0 Å². The summed E-state index contributed by atoms with van der Waals surface area (Å²) in [5.74, 6) is 0.468. The summed E-state index contributed by atoms with van der Waals surface area (Å²) in [4.78, 5) is 46.9. The topological polar surface area (TPSA) is 117 Å². The van der Waals surface area contributed by atoms with Crippen LogP contribution in [0.4, 0.5) is 23.8 Å². The number of aromatic nitrogens is 2. The number of anilines is 1. The second-order valence-corrected chi connectivity index (χ2v) is 11.7. The Kier molecular flexibility index (Phi) is 9.07. The number of rotatable bonds is 6. The van der Waals surface area contributed by atoms with Gasteiger partial charge < -0.3 is 15.5 Å². The average molecular weight is 578 g/mol. The molecule has 224 valence electrons. The first kappa shape index (κ1) is 30.5. The number of piperidine rings is 1. The van der Waals surface area contributed by atoms with Crippen LogP contribution in [0.25, 0.3) is 5.69 Å². The zero-order chi connectivity index (χ0) is 29.9. The maximum Gasteiger partial charge on any atom is 0.416 e. The third kappa shape index (κ3) is 8.07. The first-order chi connectivity index (χ1) is 19.2. The molecule has 13 heteroatoms. The lowest BCUT2D eigenvalue weighted by molar-refractivity contribution is -0.138. The fraction of sp³-hybridized carbons (Fsp3) is 0.571. The number of nitrogens with zero attached hydrogens (tertiary/aromatic N) is 5. The van der Waals surface area contributed by atoms with Crippen molar-refractivity contribution in [2.45, 2.75) is 58.3 Å². The Morgan fingerprint density at radius 1 is 1.02 bits per heavy atom. The van der Waals surface area contributed by atoms with E-state index in [1.54, 1.807) is 18.7 Å². The Labute approximate surface area is 237 Å². The summed E-state index contributed by atoms with van der Waals surface area (Å²) in [5.41, 5.74) is 3.88. The molecule has 0 atom stereocenters. The van der Waals surface area contributed by atoms with Crippen LogP contribution in [0.5, 0.6) is 0 Å². The molecular weight excluding hydrogens is 539 g/mol. The number of amides is 3. The van der Waals surface area contributed by atoms with Gasteiger partial charge in [0.05, 0.1) is 11.3 Å². The van der Waals surface area contributed by atoms with Gasteiger partial charge in [-0.05, 0) is 69.5 Å². The zero-order valence-electron chi connectivity index (χ0n) is 23.7. The predicted octanol–water partition coefficient (Wildman–Crippen LogP) is 3.29. The van der Waals surface area contributed by atoms with Gasteiger partial charge in [-0.1, -0.05) is 13.0 Å². The quantitative estimate of drug-likeness (QED) is 0.545. The fourth-order valence-corrected chi connectivity index (χ4v) is 5.10. The number of hydrogen-bond donors (Lipinski definition) is 2. The number of alkyl halides is 3. The third-order valence-electron chi connectivity index (χ3n) is 7.51. The van der Waals surface area contributed by atoms with E-state index in [4.69, 9.17) is 5.73 Å². The number of nitrogens with two attached hydrogens (primary N) is 1.